The molecular formula is C20H29N3O4. The van der Waals surface area contributed by atoms with E-state index in [0.29, 0.717) is 6.61 Å². The Hall–Kier alpha value is -2.59. The molecule has 0 saturated carbocycles. The number of aromatic nitrogens is 1. The Morgan fingerprint density at radius 3 is 2.52 bits per heavy atom. The van der Waals surface area contributed by atoms with Crippen molar-refractivity contribution in [2.75, 3.05) is 20.3 Å². The fraction of sp³-hybridized carbons (Fsp3) is 0.550. The highest BCUT2D eigenvalue weighted by Crippen LogP contribution is 2.23. The number of ether oxygens (including phenoxy) is 2. The number of carbonyl (C=O) groups excluding carboxylic acids is 2. The summed E-state index contributed by atoms with van der Waals surface area (Å²) in [6.45, 7) is 11.5. The van der Waals surface area contributed by atoms with E-state index >= 15 is 0 Å². The molecule has 7 heteroatoms. The third kappa shape index (κ3) is 6.57. The van der Waals surface area contributed by atoms with E-state index in [2.05, 4.69) is 9.88 Å². The van der Waals surface area contributed by atoms with Crippen molar-refractivity contribution in [2.45, 2.75) is 53.1 Å². The van der Waals surface area contributed by atoms with E-state index in [1.54, 1.807) is 7.11 Å². The number of aryl methyl sites for hydroxylation is 1. The first-order valence-corrected chi connectivity index (χ1v) is 8.77. The van der Waals surface area contributed by atoms with Gasteiger partial charge in [0.1, 0.15) is 11.6 Å². The minimum atomic E-state index is -0.823. The Morgan fingerprint density at radius 1 is 1.37 bits per heavy atom. The van der Waals surface area contributed by atoms with Crippen LogP contribution in [0.25, 0.3) is 6.08 Å². The number of nitrogens with one attached hydrogen (secondary N) is 1. The van der Waals surface area contributed by atoms with E-state index in [9.17, 15) is 14.9 Å². The van der Waals surface area contributed by atoms with E-state index < -0.39 is 24.0 Å². The molecule has 0 aliphatic rings. The van der Waals surface area contributed by atoms with Crippen LogP contribution >= 0.6 is 0 Å². The maximum Gasteiger partial charge on any atom is 0.349 e. The van der Waals surface area contributed by atoms with E-state index in [4.69, 9.17) is 9.47 Å². The van der Waals surface area contributed by atoms with Gasteiger partial charge in [-0.1, -0.05) is 0 Å². The van der Waals surface area contributed by atoms with Gasteiger partial charge in [0.25, 0.3) is 5.91 Å². The Kier molecular flexibility index (Phi) is 7.80. The molecule has 1 heterocycles. The quantitative estimate of drug-likeness (QED) is 0.449. The van der Waals surface area contributed by atoms with Crippen LogP contribution in [-0.2, 0) is 19.1 Å². The lowest BCUT2D eigenvalue weighted by molar-refractivity contribution is -0.144. The molecule has 0 aliphatic heterocycles. The van der Waals surface area contributed by atoms with Crippen molar-refractivity contribution in [3.05, 3.63) is 28.6 Å². The van der Waals surface area contributed by atoms with Gasteiger partial charge in [0.2, 0.25) is 0 Å². The van der Waals surface area contributed by atoms with Crippen molar-refractivity contribution in [3.63, 3.8) is 0 Å². The smallest absolute Gasteiger partial charge is 0.349 e. The molecular weight excluding hydrogens is 346 g/mol. The van der Waals surface area contributed by atoms with Gasteiger partial charge in [0, 0.05) is 24.0 Å². The van der Waals surface area contributed by atoms with Crippen LogP contribution in [0.1, 0.15) is 50.7 Å². The Balaban J connectivity index is 2.94. The number of hydrogen-bond donors (Lipinski definition) is 1. The molecule has 0 spiro atoms. The van der Waals surface area contributed by atoms with Gasteiger partial charge in [0.15, 0.2) is 6.61 Å². The molecule has 27 heavy (non-hydrogen) atoms. The average Bonchev–Trinajstić information content (AvgIpc) is 2.82. The van der Waals surface area contributed by atoms with Gasteiger partial charge in [-0.25, -0.2) is 4.79 Å². The highest BCUT2D eigenvalue weighted by Gasteiger charge is 2.19. The van der Waals surface area contributed by atoms with Crippen molar-refractivity contribution < 1.29 is 19.1 Å². The van der Waals surface area contributed by atoms with Gasteiger partial charge in [-0.3, -0.25) is 4.79 Å². The molecule has 1 atom stereocenters. The summed E-state index contributed by atoms with van der Waals surface area (Å²) in [5.41, 5.74) is 2.09. The number of methoxy groups -OCH3 is 1. The monoisotopic (exact) mass is 375 g/mol. The largest absolute Gasteiger partial charge is 0.451 e. The molecule has 1 amide bonds. The summed E-state index contributed by atoms with van der Waals surface area (Å²) in [6, 6.07) is 3.88. The van der Waals surface area contributed by atoms with Gasteiger partial charge in [0.05, 0.1) is 12.6 Å². The van der Waals surface area contributed by atoms with Crippen LogP contribution in [0, 0.1) is 25.2 Å². The molecule has 0 fully saturated rings. The number of amides is 1. The second kappa shape index (κ2) is 9.38. The molecule has 0 bridgehead atoms. The molecule has 1 aromatic heterocycles. The summed E-state index contributed by atoms with van der Waals surface area (Å²) in [7, 11) is 1.64. The zero-order valence-electron chi connectivity index (χ0n) is 17.2. The van der Waals surface area contributed by atoms with E-state index in [1.807, 2.05) is 53.7 Å². The molecule has 148 valence electrons. The molecule has 1 aromatic rings. The van der Waals surface area contributed by atoms with Crippen LogP contribution in [0.3, 0.4) is 0 Å². The van der Waals surface area contributed by atoms with E-state index in [1.165, 1.54) is 6.08 Å². The third-order valence-electron chi connectivity index (χ3n) is 3.86. The summed E-state index contributed by atoms with van der Waals surface area (Å²) < 4.78 is 12.3. The van der Waals surface area contributed by atoms with Gasteiger partial charge in [-0.2, -0.15) is 5.26 Å². The minimum absolute atomic E-state index is 0.121. The van der Waals surface area contributed by atoms with Crippen LogP contribution in [0.15, 0.2) is 11.6 Å². The molecule has 0 unspecified atom stereocenters. The average molecular weight is 375 g/mol. The first-order chi connectivity index (χ1) is 12.5. The fourth-order valence-electron chi connectivity index (χ4n) is 2.90. The zero-order valence-corrected chi connectivity index (χ0v) is 17.2. The lowest BCUT2D eigenvalue weighted by atomic mass is 10.1. The molecule has 0 saturated heterocycles. The van der Waals surface area contributed by atoms with Crippen molar-refractivity contribution in [1.29, 1.82) is 5.26 Å². The van der Waals surface area contributed by atoms with Crippen LogP contribution in [0.5, 0.6) is 0 Å². The predicted octanol–water partition coefficient (Wildman–Crippen LogP) is 2.68. The van der Waals surface area contributed by atoms with Crippen molar-refractivity contribution in [1.82, 2.24) is 9.88 Å². The van der Waals surface area contributed by atoms with E-state index in [0.717, 1.165) is 17.0 Å². The van der Waals surface area contributed by atoms with Gasteiger partial charge < -0.3 is 19.4 Å². The maximum atomic E-state index is 12.2. The van der Waals surface area contributed by atoms with Crippen molar-refractivity contribution in [3.8, 4) is 6.07 Å². The Bertz CT molecular complexity index is 763. The minimum Gasteiger partial charge on any atom is -0.451 e. The molecule has 1 rings (SSSR count). The lowest BCUT2D eigenvalue weighted by Gasteiger charge is -2.20. The molecule has 0 aromatic carbocycles. The summed E-state index contributed by atoms with van der Waals surface area (Å²) >= 11 is 0. The zero-order chi connectivity index (χ0) is 20.8. The number of nitriles is 1. The normalized spacial score (nSPS) is 13.0. The first kappa shape index (κ1) is 22.5. The van der Waals surface area contributed by atoms with Crippen LogP contribution in [-0.4, -0.2) is 42.3 Å². The standard InChI is InChI=1S/C20H29N3O4/c1-13-8-16(15(3)23(13)14(2)11-26-7)9-17(10-21)19(25)27-12-18(24)22-20(4,5)6/h8-9,14H,11-12H2,1-7H3,(H,22,24)/b17-9+/t14-/m0/s1. The predicted molar refractivity (Wildman–Crippen MR) is 103 cm³/mol. The summed E-state index contributed by atoms with van der Waals surface area (Å²) in [5.74, 6) is -1.24. The van der Waals surface area contributed by atoms with Crippen LogP contribution in [0.4, 0.5) is 0 Å². The summed E-state index contributed by atoms with van der Waals surface area (Å²) in [5, 5.41) is 12.0. The maximum absolute atomic E-state index is 12.2. The number of nitrogens with zero attached hydrogens (tertiary/aromatic N) is 2. The molecule has 7 nitrogen and oxygen atoms in total. The second-order valence-corrected chi connectivity index (χ2v) is 7.54. The third-order valence-corrected chi connectivity index (χ3v) is 3.86. The number of esters is 1. The number of hydrogen-bond acceptors (Lipinski definition) is 5. The van der Waals surface area contributed by atoms with Crippen LogP contribution < -0.4 is 5.32 Å². The van der Waals surface area contributed by atoms with Crippen molar-refractivity contribution >= 4 is 18.0 Å². The fourth-order valence-corrected chi connectivity index (χ4v) is 2.90. The van der Waals surface area contributed by atoms with Crippen molar-refractivity contribution in [2.24, 2.45) is 0 Å². The summed E-state index contributed by atoms with van der Waals surface area (Å²) in [6.07, 6.45) is 1.49. The molecule has 0 radical (unpaired) electrons. The van der Waals surface area contributed by atoms with Crippen LogP contribution in [0.2, 0.25) is 0 Å². The SMILES string of the molecule is COC[C@H](C)n1c(C)cc(/C=C(\C#N)C(=O)OCC(=O)NC(C)(C)C)c1C. The van der Waals surface area contributed by atoms with Gasteiger partial charge in [-0.15, -0.1) is 0 Å². The highest BCUT2D eigenvalue weighted by molar-refractivity contribution is 5.99. The topological polar surface area (TPSA) is 93.3 Å². The van der Waals surface area contributed by atoms with Gasteiger partial charge >= 0.3 is 5.97 Å². The van der Waals surface area contributed by atoms with Gasteiger partial charge in [-0.05, 0) is 59.2 Å². The second-order valence-electron chi connectivity index (χ2n) is 7.54. The highest BCUT2D eigenvalue weighted by atomic mass is 16.5. The Labute approximate surface area is 160 Å². The summed E-state index contributed by atoms with van der Waals surface area (Å²) in [4.78, 5) is 23.9. The number of carbonyl (C=O) groups is 2. The number of rotatable bonds is 7. The lowest BCUT2D eigenvalue weighted by Crippen LogP contribution is -2.42. The molecule has 1 N–H and O–H groups in total. The van der Waals surface area contributed by atoms with E-state index in [-0.39, 0.29) is 11.6 Å². The Morgan fingerprint density at radius 2 is 2.00 bits per heavy atom. The first-order valence-electron chi connectivity index (χ1n) is 8.77. The molecule has 0 aliphatic carbocycles.